The lowest BCUT2D eigenvalue weighted by Crippen LogP contribution is -2.18. The van der Waals surface area contributed by atoms with Crippen LogP contribution < -0.4 is 10.2 Å². The Labute approximate surface area is 171 Å². The minimum Gasteiger partial charge on any atom is -0.494 e. The first kappa shape index (κ1) is 20.3. The standard InChI is InChI=1S/C23H26N4O2/c1-4-13-29-20-11-9-19(10-12-20)21-14-22(26-25-21)23(28)27-24-15-17-5-7-18(8-6-17)16(2)3/h5-12,14-16H,4,13H2,1-3H3,(H,25,26)(H,27,28). The van der Waals surface area contributed by atoms with Crippen molar-refractivity contribution in [3.05, 3.63) is 71.4 Å². The minimum absolute atomic E-state index is 0.346. The van der Waals surface area contributed by atoms with Crippen molar-refractivity contribution in [1.82, 2.24) is 15.6 Å². The van der Waals surface area contributed by atoms with Crippen molar-refractivity contribution in [2.45, 2.75) is 33.1 Å². The van der Waals surface area contributed by atoms with Crippen LogP contribution in [0, 0.1) is 0 Å². The van der Waals surface area contributed by atoms with Crippen LogP contribution in [-0.2, 0) is 0 Å². The van der Waals surface area contributed by atoms with Crippen molar-refractivity contribution in [1.29, 1.82) is 0 Å². The van der Waals surface area contributed by atoms with Crippen molar-refractivity contribution in [3.8, 4) is 17.0 Å². The molecule has 0 spiro atoms. The zero-order chi connectivity index (χ0) is 20.6. The van der Waals surface area contributed by atoms with E-state index in [4.69, 9.17) is 4.74 Å². The van der Waals surface area contributed by atoms with E-state index in [0.717, 1.165) is 23.3 Å². The van der Waals surface area contributed by atoms with Gasteiger partial charge >= 0.3 is 0 Å². The molecule has 0 radical (unpaired) electrons. The van der Waals surface area contributed by atoms with Crippen LogP contribution in [0.1, 0.15) is 54.7 Å². The van der Waals surface area contributed by atoms with Gasteiger partial charge in [0.25, 0.3) is 5.91 Å². The molecule has 0 bridgehead atoms. The molecule has 29 heavy (non-hydrogen) atoms. The maximum Gasteiger partial charge on any atom is 0.289 e. The average Bonchev–Trinajstić information content (AvgIpc) is 3.23. The largest absolute Gasteiger partial charge is 0.494 e. The average molecular weight is 390 g/mol. The van der Waals surface area contributed by atoms with E-state index in [9.17, 15) is 4.79 Å². The predicted molar refractivity (Wildman–Crippen MR) is 115 cm³/mol. The van der Waals surface area contributed by atoms with E-state index in [1.54, 1.807) is 12.3 Å². The molecule has 1 aromatic heterocycles. The van der Waals surface area contributed by atoms with Crippen LogP contribution in [0.15, 0.2) is 59.7 Å². The van der Waals surface area contributed by atoms with Crippen LogP contribution >= 0.6 is 0 Å². The molecule has 3 rings (SSSR count). The number of hydrogen-bond acceptors (Lipinski definition) is 4. The molecule has 1 amide bonds. The van der Waals surface area contributed by atoms with Crippen molar-refractivity contribution >= 4 is 12.1 Å². The first-order chi connectivity index (χ1) is 14.1. The lowest BCUT2D eigenvalue weighted by atomic mass is 10.0. The van der Waals surface area contributed by atoms with E-state index in [0.29, 0.717) is 23.9 Å². The number of ether oxygens (including phenoxy) is 1. The van der Waals surface area contributed by atoms with Crippen LogP contribution in [0.4, 0.5) is 0 Å². The van der Waals surface area contributed by atoms with Gasteiger partial charge in [-0.1, -0.05) is 45.0 Å². The van der Waals surface area contributed by atoms with Gasteiger partial charge in [0.2, 0.25) is 0 Å². The van der Waals surface area contributed by atoms with Gasteiger partial charge in [0, 0.05) is 5.56 Å². The molecule has 0 aliphatic heterocycles. The second-order valence-electron chi connectivity index (χ2n) is 7.06. The maximum absolute atomic E-state index is 12.3. The van der Waals surface area contributed by atoms with Gasteiger partial charge < -0.3 is 4.74 Å². The lowest BCUT2D eigenvalue weighted by Gasteiger charge is -2.04. The van der Waals surface area contributed by atoms with E-state index in [-0.39, 0.29) is 5.91 Å². The monoisotopic (exact) mass is 390 g/mol. The van der Waals surface area contributed by atoms with E-state index in [2.05, 4.69) is 53.6 Å². The van der Waals surface area contributed by atoms with Crippen molar-refractivity contribution in [3.63, 3.8) is 0 Å². The third-order valence-corrected chi connectivity index (χ3v) is 4.43. The van der Waals surface area contributed by atoms with Crippen LogP contribution in [0.2, 0.25) is 0 Å². The molecule has 0 fully saturated rings. The highest BCUT2D eigenvalue weighted by Gasteiger charge is 2.10. The summed E-state index contributed by atoms with van der Waals surface area (Å²) >= 11 is 0. The number of benzene rings is 2. The van der Waals surface area contributed by atoms with Crippen molar-refractivity contribution < 1.29 is 9.53 Å². The smallest absolute Gasteiger partial charge is 0.289 e. The summed E-state index contributed by atoms with van der Waals surface area (Å²) in [6.45, 7) is 7.05. The number of aromatic nitrogens is 2. The molecule has 3 aromatic rings. The zero-order valence-corrected chi connectivity index (χ0v) is 17.0. The fourth-order valence-electron chi connectivity index (χ4n) is 2.72. The summed E-state index contributed by atoms with van der Waals surface area (Å²) in [4.78, 5) is 12.3. The first-order valence-electron chi connectivity index (χ1n) is 9.79. The Balaban J connectivity index is 1.58. The molecule has 2 N–H and O–H groups in total. The Hall–Kier alpha value is -3.41. The Morgan fingerprint density at radius 1 is 1.17 bits per heavy atom. The number of nitrogens with one attached hydrogen (secondary N) is 2. The molecule has 1 heterocycles. The number of aromatic amines is 1. The molecule has 6 nitrogen and oxygen atoms in total. The second-order valence-corrected chi connectivity index (χ2v) is 7.06. The maximum atomic E-state index is 12.3. The molecule has 0 aliphatic rings. The highest BCUT2D eigenvalue weighted by molar-refractivity contribution is 5.94. The number of rotatable bonds is 8. The molecule has 0 saturated carbocycles. The minimum atomic E-state index is -0.346. The van der Waals surface area contributed by atoms with Gasteiger partial charge in [-0.3, -0.25) is 9.89 Å². The topological polar surface area (TPSA) is 79.4 Å². The summed E-state index contributed by atoms with van der Waals surface area (Å²) in [5, 5.41) is 11.0. The van der Waals surface area contributed by atoms with Crippen LogP contribution in [-0.4, -0.2) is 28.9 Å². The Morgan fingerprint density at radius 3 is 2.55 bits per heavy atom. The SMILES string of the molecule is CCCOc1ccc(-c2cc(C(=O)NN=Cc3ccc(C(C)C)cc3)[nH]n2)cc1. The third-order valence-electron chi connectivity index (χ3n) is 4.43. The summed E-state index contributed by atoms with van der Waals surface area (Å²) in [6.07, 6.45) is 2.58. The third kappa shape index (κ3) is 5.54. The van der Waals surface area contributed by atoms with Gasteiger partial charge in [0.05, 0.1) is 18.5 Å². The highest BCUT2D eigenvalue weighted by Crippen LogP contribution is 2.21. The van der Waals surface area contributed by atoms with E-state index in [1.807, 2.05) is 36.4 Å². The zero-order valence-electron chi connectivity index (χ0n) is 17.0. The quantitative estimate of drug-likeness (QED) is 0.430. The number of H-pyrrole nitrogens is 1. The van der Waals surface area contributed by atoms with Crippen molar-refractivity contribution in [2.24, 2.45) is 5.10 Å². The van der Waals surface area contributed by atoms with E-state index >= 15 is 0 Å². The molecule has 0 unspecified atom stereocenters. The van der Waals surface area contributed by atoms with Gasteiger partial charge in [0.1, 0.15) is 11.4 Å². The van der Waals surface area contributed by atoms with Crippen LogP contribution in [0.5, 0.6) is 5.75 Å². The molecule has 150 valence electrons. The van der Waals surface area contributed by atoms with Gasteiger partial charge in [-0.2, -0.15) is 10.2 Å². The van der Waals surface area contributed by atoms with Gasteiger partial charge in [-0.15, -0.1) is 0 Å². The Morgan fingerprint density at radius 2 is 1.90 bits per heavy atom. The Bertz CT molecular complexity index is 957. The summed E-state index contributed by atoms with van der Waals surface area (Å²) in [6, 6.07) is 17.4. The fraction of sp³-hybridized carbons (Fsp3) is 0.261. The van der Waals surface area contributed by atoms with Crippen LogP contribution in [0.3, 0.4) is 0 Å². The molecular formula is C23H26N4O2. The molecule has 0 aliphatic carbocycles. The predicted octanol–water partition coefficient (Wildman–Crippen LogP) is 4.75. The number of hydrogen-bond donors (Lipinski definition) is 2. The second kappa shape index (κ2) is 9.68. The normalized spacial score (nSPS) is 11.2. The number of hydrazone groups is 1. The van der Waals surface area contributed by atoms with Gasteiger partial charge in [-0.25, -0.2) is 5.43 Å². The fourth-order valence-corrected chi connectivity index (χ4v) is 2.72. The van der Waals surface area contributed by atoms with Gasteiger partial charge in [0.15, 0.2) is 0 Å². The molecule has 6 heteroatoms. The highest BCUT2D eigenvalue weighted by atomic mass is 16.5. The molecule has 0 saturated heterocycles. The summed E-state index contributed by atoms with van der Waals surface area (Å²) in [7, 11) is 0. The number of nitrogens with zero attached hydrogens (tertiary/aromatic N) is 2. The number of carbonyl (C=O) groups is 1. The molecule has 0 atom stereocenters. The molecular weight excluding hydrogens is 364 g/mol. The summed E-state index contributed by atoms with van der Waals surface area (Å²) in [5.74, 6) is 0.955. The number of carbonyl (C=O) groups excluding carboxylic acids is 1. The summed E-state index contributed by atoms with van der Waals surface area (Å²) < 4.78 is 5.58. The van der Waals surface area contributed by atoms with Gasteiger partial charge in [-0.05, 0) is 53.8 Å². The number of amides is 1. The van der Waals surface area contributed by atoms with Crippen molar-refractivity contribution in [2.75, 3.05) is 6.61 Å². The summed E-state index contributed by atoms with van der Waals surface area (Å²) in [5.41, 5.74) is 6.64. The lowest BCUT2D eigenvalue weighted by molar-refractivity contribution is 0.0950. The molecule has 2 aromatic carbocycles. The Kier molecular flexibility index (Phi) is 6.79. The first-order valence-corrected chi connectivity index (χ1v) is 9.79. The van der Waals surface area contributed by atoms with E-state index in [1.165, 1.54) is 5.56 Å². The van der Waals surface area contributed by atoms with E-state index < -0.39 is 0 Å². The van der Waals surface area contributed by atoms with Crippen LogP contribution in [0.25, 0.3) is 11.3 Å².